The van der Waals surface area contributed by atoms with Gasteiger partial charge in [0, 0.05) is 27.9 Å². The number of nitrogens with zero attached hydrogens (tertiary/aromatic N) is 1. The Morgan fingerprint density at radius 1 is 1.45 bits per heavy atom. The number of benzene rings is 1. The molecule has 2 aromatic rings. The standard InChI is InChI=1S/C17H19N3OS/c1-10-2-4-14-12(8-10)13-9-11(3-5-15(13)19-14)16(21)20-17-18-6-7-22-17/h3,5,9-10,19H,2,4,6-8H2,1H3,(H,18,20,21)/t10-/m0/s1. The normalized spacial score (nSPS) is 20.8. The van der Waals surface area contributed by atoms with Gasteiger partial charge in [0.15, 0.2) is 5.17 Å². The third-order valence-corrected chi connectivity index (χ3v) is 5.39. The molecular formula is C17H19N3OS. The first-order valence-corrected chi connectivity index (χ1v) is 8.81. The van der Waals surface area contributed by atoms with Gasteiger partial charge in [-0.1, -0.05) is 18.7 Å². The van der Waals surface area contributed by atoms with Gasteiger partial charge in [-0.05, 0) is 48.9 Å². The smallest absolute Gasteiger partial charge is 0.257 e. The molecular weight excluding hydrogens is 294 g/mol. The summed E-state index contributed by atoms with van der Waals surface area (Å²) in [6.45, 7) is 3.09. The number of aromatic amines is 1. The molecule has 1 aromatic heterocycles. The molecule has 0 saturated heterocycles. The summed E-state index contributed by atoms with van der Waals surface area (Å²) in [5.41, 5.74) is 4.60. The lowest BCUT2D eigenvalue weighted by molar-refractivity contribution is 0.0978. The number of H-pyrrole nitrogens is 1. The van der Waals surface area contributed by atoms with Gasteiger partial charge < -0.3 is 10.3 Å². The zero-order valence-electron chi connectivity index (χ0n) is 12.6. The van der Waals surface area contributed by atoms with Crippen LogP contribution in [-0.4, -0.2) is 28.4 Å². The van der Waals surface area contributed by atoms with Crippen molar-refractivity contribution in [3.05, 3.63) is 35.0 Å². The molecule has 1 aliphatic heterocycles. The molecule has 0 radical (unpaired) electrons. The minimum atomic E-state index is -0.0612. The Labute approximate surface area is 133 Å². The molecule has 0 spiro atoms. The fraction of sp³-hybridized carbons (Fsp3) is 0.412. The fourth-order valence-electron chi connectivity index (χ4n) is 3.31. The molecule has 2 aliphatic rings. The predicted molar refractivity (Wildman–Crippen MR) is 91.7 cm³/mol. The van der Waals surface area contributed by atoms with Gasteiger partial charge in [0.05, 0.1) is 6.54 Å². The van der Waals surface area contributed by atoms with Gasteiger partial charge >= 0.3 is 0 Å². The van der Waals surface area contributed by atoms with Gasteiger partial charge in [-0.15, -0.1) is 0 Å². The summed E-state index contributed by atoms with van der Waals surface area (Å²) in [5.74, 6) is 1.61. The number of aliphatic imine (C=N–C) groups is 1. The highest BCUT2D eigenvalue weighted by Gasteiger charge is 2.21. The van der Waals surface area contributed by atoms with Crippen molar-refractivity contribution in [3.63, 3.8) is 0 Å². The lowest BCUT2D eigenvalue weighted by atomic mass is 9.87. The molecule has 2 heterocycles. The molecule has 4 rings (SSSR count). The maximum atomic E-state index is 12.4. The lowest BCUT2D eigenvalue weighted by Gasteiger charge is -2.18. The van der Waals surface area contributed by atoms with Crippen molar-refractivity contribution in [2.75, 3.05) is 12.3 Å². The van der Waals surface area contributed by atoms with Crippen LogP contribution in [0, 0.1) is 5.92 Å². The van der Waals surface area contributed by atoms with Crippen molar-refractivity contribution in [2.45, 2.75) is 26.2 Å². The van der Waals surface area contributed by atoms with Crippen molar-refractivity contribution in [1.29, 1.82) is 0 Å². The second-order valence-electron chi connectivity index (χ2n) is 6.18. The van der Waals surface area contributed by atoms with Gasteiger partial charge in [-0.25, -0.2) is 0 Å². The van der Waals surface area contributed by atoms with Crippen LogP contribution in [0.25, 0.3) is 10.9 Å². The number of amides is 1. The highest BCUT2D eigenvalue weighted by atomic mass is 32.2. The fourth-order valence-corrected chi connectivity index (χ4v) is 4.04. The summed E-state index contributed by atoms with van der Waals surface area (Å²) in [5, 5.41) is 4.85. The summed E-state index contributed by atoms with van der Waals surface area (Å²) in [6.07, 6.45) is 3.45. The average Bonchev–Trinajstić information content (AvgIpc) is 3.14. The Kier molecular flexibility index (Phi) is 3.45. The van der Waals surface area contributed by atoms with Gasteiger partial charge in [-0.3, -0.25) is 9.79 Å². The van der Waals surface area contributed by atoms with E-state index in [1.807, 2.05) is 18.2 Å². The maximum Gasteiger partial charge on any atom is 0.257 e. The van der Waals surface area contributed by atoms with Crippen LogP contribution in [-0.2, 0) is 12.8 Å². The van der Waals surface area contributed by atoms with Crippen LogP contribution in [0.2, 0.25) is 0 Å². The maximum absolute atomic E-state index is 12.4. The number of amidine groups is 1. The van der Waals surface area contributed by atoms with Gasteiger partial charge in [0.1, 0.15) is 0 Å². The van der Waals surface area contributed by atoms with Crippen LogP contribution in [0.3, 0.4) is 0 Å². The highest BCUT2D eigenvalue weighted by molar-refractivity contribution is 8.14. The van der Waals surface area contributed by atoms with Crippen LogP contribution in [0.5, 0.6) is 0 Å². The second-order valence-corrected chi connectivity index (χ2v) is 7.26. The zero-order chi connectivity index (χ0) is 15.1. The Morgan fingerprint density at radius 3 is 3.18 bits per heavy atom. The number of hydrogen-bond donors (Lipinski definition) is 2. The SMILES string of the molecule is C[C@H]1CCc2[nH]c3ccc(C(=O)NC4=NCCS4)cc3c2C1. The third kappa shape index (κ3) is 2.43. The number of carbonyl (C=O) groups excluding carboxylic acids is 1. The van der Waals surface area contributed by atoms with E-state index in [1.54, 1.807) is 11.8 Å². The van der Waals surface area contributed by atoms with Crippen LogP contribution < -0.4 is 5.32 Å². The summed E-state index contributed by atoms with van der Waals surface area (Å²) >= 11 is 1.61. The summed E-state index contributed by atoms with van der Waals surface area (Å²) in [6, 6.07) is 5.94. The molecule has 0 fully saturated rings. The number of aromatic nitrogens is 1. The van der Waals surface area contributed by atoms with E-state index in [-0.39, 0.29) is 5.91 Å². The molecule has 114 valence electrons. The number of aryl methyl sites for hydroxylation is 1. The summed E-state index contributed by atoms with van der Waals surface area (Å²) < 4.78 is 0. The van der Waals surface area contributed by atoms with E-state index in [4.69, 9.17) is 0 Å². The van der Waals surface area contributed by atoms with E-state index in [9.17, 15) is 4.79 Å². The van der Waals surface area contributed by atoms with Crippen molar-refractivity contribution >= 4 is 33.7 Å². The highest BCUT2D eigenvalue weighted by Crippen LogP contribution is 2.32. The average molecular weight is 313 g/mol. The number of carbonyl (C=O) groups is 1. The molecule has 0 unspecified atom stereocenters. The quantitative estimate of drug-likeness (QED) is 0.850. The monoisotopic (exact) mass is 313 g/mol. The molecule has 22 heavy (non-hydrogen) atoms. The molecule has 1 amide bonds. The second kappa shape index (κ2) is 5.47. The molecule has 5 heteroatoms. The molecule has 0 bridgehead atoms. The number of hydrogen-bond acceptors (Lipinski definition) is 3. The summed E-state index contributed by atoms with van der Waals surface area (Å²) in [7, 11) is 0. The molecule has 0 saturated carbocycles. The van der Waals surface area contributed by atoms with Gasteiger partial charge in [0.2, 0.25) is 0 Å². The van der Waals surface area contributed by atoms with Crippen LogP contribution in [0.4, 0.5) is 0 Å². The van der Waals surface area contributed by atoms with E-state index >= 15 is 0 Å². The first-order chi connectivity index (χ1) is 10.7. The Morgan fingerprint density at radius 2 is 2.36 bits per heavy atom. The lowest BCUT2D eigenvalue weighted by Crippen LogP contribution is -2.27. The predicted octanol–water partition coefficient (Wildman–Crippen LogP) is 3.13. The largest absolute Gasteiger partial charge is 0.358 e. The number of fused-ring (bicyclic) bond motifs is 3. The van der Waals surface area contributed by atoms with Crippen molar-refractivity contribution in [1.82, 2.24) is 10.3 Å². The molecule has 2 N–H and O–H groups in total. The first-order valence-electron chi connectivity index (χ1n) is 7.83. The summed E-state index contributed by atoms with van der Waals surface area (Å²) in [4.78, 5) is 20.2. The minimum Gasteiger partial charge on any atom is -0.358 e. The Bertz CT molecular complexity index is 778. The molecule has 1 atom stereocenters. The Balaban J connectivity index is 1.67. The first kappa shape index (κ1) is 13.9. The van der Waals surface area contributed by atoms with Crippen molar-refractivity contribution < 1.29 is 4.79 Å². The van der Waals surface area contributed by atoms with E-state index in [2.05, 4.69) is 22.2 Å². The minimum absolute atomic E-state index is 0.0612. The number of nitrogens with one attached hydrogen (secondary N) is 2. The van der Waals surface area contributed by atoms with E-state index in [0.717, 1.165) is 35.8 Å². The van der Waals surface area contributed by atoms with Crippen molar-refractivity contribution in [2.24, 2.45) is 10.9 Å². The van der Waals surface area contributed by atoms with E-state index in [1.165, 1.54) is 23.1 Å². The van der Waals surface area contributed by atoms with Crippen LogP contribution in [0.1, 0.15) is 35.0 Å². The van der Waals surface area contributed by atoms with Crippen LogP contribution in [0.15, 0.2) is 23.2 Å². The Hall–Kier alpha value is -1.75. The zero-order valence-corrected chi connectivity index (χ0v) is 13.4. The third-order valence-electron chi connectivity index (χ3n) is 4.50. The van der Waals surface area contributed by atoms with E-state index in [0.29, 0.717) is 11.5 Å². The molecule has 1 aromatic carbocycles. The number of thioether (sulfide) groups is 1. The van der Waals surface area contributed by atoms with Gasteiger partial charge in [-0.2, -0.15) is 0 Å². The topological polar surface area (TPSA) is 57.2 Å². The van der Waals surface area contributed by atoms with Crippen molar-refractivity contribution in [3.8, 4) is 0 Å². The van der Waals surface area contributed by atoms with E-state index < -0.39 is 0 Å². The van der Waals surface area contributed by atoms with Crippen LogP contribution >= 0.6 is 11.8 Å². The molecule has 1 aliphatic carbocycles. The number of rotatable bonds is 1. The van der Waals surface area contributed by atoms with Gasteiger partial charge in [0.25, 0.3) is 5.91 Å². The molecule has 4 nitrogen and oxygen atoms in total.